The monoisotopic (exact) mass is 474 g/mol. The molecule has 1 aromatic carbocycles. The number of methoxy groups -OCH3 is 1. The first-order chi connectivity index (χ1) is 16.2. The van der Waals surface area contributed by atoms with E-state index in [9.17, 15) is 19.2 Å². The van der Waals surface area contributed by atoms with E-state index in [2.05, 4.69) is 15.6 Å². The quantitative estimate of drug-likeness (QED) is 0.144. The highest BCUT2D eigenvalue weighted by molar-refractivity contribution is 5.93. The molecule has 1 aromatic rings. The number of hydrogen-bond donors (Lipinski definition) is 4. The summed E-state index contributed by atoms with van der Waals surface area (Å²) in [6.07, 6.45) is 2.15. The fourth-order valence-corrected chi connectivity index (χ4v) is 3.91. The Hall–Kier alpha value is -3.63. The van der Waals surface area contributed by atoms with Gasteiger partial charge < -0.3 is 31.7 Å². The smallest absolute Gasteiger partial charge is 0.328 e. The molecule has 2 rings (SSSR count). The van der Waals surface area contributed by atoms with Crippen LogP contribution in [0.5, 0.6) is 0 Å². The number of esters is 1. The zero-order valence-electron chi connectivity index (χ0n) is 19.7. The van der Waals surface area contributed by atoms with Gasteiger partial charge in [0, 0.05) is 26.4 Å². The highest BCUT2D eigenvalue weighted by atomic mass is 16.5. The molecule has 1 saturated heterocycles. The first-order valence-electron chi connectivity index (χ1n) is 11.3. The molecule has 1 fully saturated rings. The van der Waals surface area contributed by atoms with Crippen molar-refractivity contribution in [2.75, 3.05) is 20.2 Å². The lowest BCUT2D eigenvalue weighted by atomic mass is 10.0. The summed E-state index contributed by atoms with van der Waals surface area (Å²) in [7, 11) is 1.23. The first-order valence-corrected chi connectivity index (χ1v) is 11.3. The zero-order valence-corrected chi connectivity index (χ0v) is 19.7. The van der Waals surface area contributed by atoms with E-state index < -0.39 is 35.9 Å². The van der Waals surface area contributed by atoms with Crippen molar-refractivity contribution in [3.63, 3.8) is 0 Å². The maximum atomic E-state index is 13.2. The van der Waals surface area contributed by atoms with Gasteiger partial charge in [-0.25, -0.2) is 4.79 Å². The van der Waals surface area contributed by atoms with E-state index in [1.165, 1.54) is 18.9 Å². The molecule has 0 radical (unpaired) electrons. The van der Waals surface area contributed by atoms with Gasteiger partial charge in [-0.05, 0) is 31.2 Å². The van der Waals surface area contributed by atoms with Gasteiger partial charge in [-0.1, -0.05) is 30.3 Å². The van der Waals surface area contributed by atoms with E-state index in [0.717, 1.165) is 5.56 Å². The molecule has 0 aromatic heterocycles. The summed E-state index contributed by atoms with van der Waals surface area (Å²) in [6.45, 7) is 2.21. The molecule has 0 spiro atoms. The summed E-state index contributed by atoms with van der Waals surface area (Å²) in [5.74, 6) is -1.78. The molecule has 11 heteroatoms. The summed E-state index contributed by atoms with van der Waals surface area (Å²) in [5, 5.41) is 5.47. The molecule has 34 heavy (non-hydrogen) atoms. The number of likely N-dealkylation sites (tertiary alicyclic amines) is 1. The summed E-state index contributed by atoms with van der Waals surface area (Å²) in [5.41, 5.74) is 11.5. The summed E-state index contributed by atoms with van der Waals surface area (Å²) < 4.78 is 4.82. The Labute approximate surface area is 199 Å². The number of hydrogen-bond acceptors (Lipinski definition) is 6. The van der Waals surface area contributed by atoms with Crippen LogP contribution in [0.4, 0.5) is 0 Å². The van der Waals surface area contributed by atoms with Crippen molar-refractivity contribution < 1.29 is 23.9 Å². The van der Waals surface area contributed by atoms with Crippen LogP contribution in [0.1, 0.15) is 38.2 Å². The van der Waals surface area contributed by atoms with Crippen LogP contribution in [0.3, 0.4) is 0 Å². The summed E-state index contributed by atoms with van der Waals surface area (Å²) >= 11 is 0. The highest BCUT2D eigenvalue weighted by Crippen LogP contribution is 2.18. The SMILES string of the molecule is COC(=O)[C@H](CCCN=C(N)N)NC(=O)[C@H](Cc1ccccc1)NC(=O)[C@@H]1CCCN1C(C)=O. The lowest BCUT2D eigenvalue weighted by Gasteiger charge is -2.26. The van der Waals surface area contributed by atoms with E-state index in [0.29, 0.717) is 32.4 Å². The Kier molecular flexibility index (Phi) is 10.3. The van der Waals surface area contributed by atoms with E-state index in [-0.39, 0.29) is 24.7 Å². The van der Waals surface area contributed by atoms with Crippen molar-refractivity contribution in [3.8, 4) is 0 Å². The molecule has 0 aliphatic carbocycles. The van der Waals surface area contributed by atoms with Gasteiger partial charge in [-0.3, -0.25) is 19.4 Å². The van der Waals surface area contributed by atoms with Gasteiger partial charge in [0.15, 0.2) is 5.96 Å². The minimum absolute atomic E-state index is 0.0594. The Morgan fingerprint density at radius 2 is 1.85 bits per heavy atom. The Morgan fingerprint density at radius 3 is 2.47 bits per heavy atom. The number of carbonyl (C=O) groups is 4. The molecule has 1 heterocycles. The Bertz CT molecular complexity index is 887. The van der Waals surface area contributed by atoms with E-state index in [4.69, 9.17) is 16.2 Å². The molecular weight excluding hydrogens is 440 g/mol. The van der Waals surface area contributed by atoms with Gasteiger partial charge in [-0.15, -0.1) is 0 Å². The van der Waals surface area contributed by atoms with Gasteiger partial charge >= 0.3 is 5.97 Å². The van der Waals surface area contributed by atoms with Crippen LogP contribution in [-0.4, -0.2) is 72.9 Å². The van der Waals surface area contributed by atoms with Crippen LogP contribution in [-0.2, 0) is 30.3 Å². The molecule has 6 N–H and O–H groups in total. The third-order valence-electron chi connectivity index (χ3n) is 5.62. The van der Waals surface area contributed by atoms with E-state index in [1.54, 1.807) is 0 Å². The van der Waals surface area contributed by atoms with Crippen molar-refractivity contribution in [1.29, 1.82) is 0 Å². The third kappa shape index (κ3) is 8.05. The summed E-state index contributed by atoms with van der Waals surface area (Å²) in [6, 6.07) is 6.71. The predicted molar refractivity (Wildman–Crippen MR) is 126 cm³/mol. The maximum absolute atomic E-state index is 13.2. The minimum atomic E-state index is -0.950. The van der Waals surface area contributed by atoms with E-state index in [1.807, 2.05) is 30.3 Å². The van der Waals surface area contributed by atoms with Crippen LogP contribution in [0.25, 0.3) is 0 Å². The van der Waals surface area contributed by atoms with Gasteiger partial charge in [0.2, 0.25) is 17.7 Å². The summed E-state index contributed by atoms with van der Waals surface area (Å²) in [4.78, 5) is 55.7. The van der Waals surface area contributed by atoms with Crippen LogP contribution < -0.4 is 22.1 Å². The molecule has 0 bridgehead atoms. The Balaban J connectivity index is 2.14. The average Bonchev–Trinajstić information content (AvgIpc) is 3.31. The second-order valence-electron chi connectivity index (χ2n) is 8.15. The fourth-order valence-electron chi connectivity index (χ4n) is 3.91. The van der Waals surface area contributed by atoms with E-state index >= 15 is 0 Å². The number of ether oxygens (including phenoxy) is 1. The molecular formula is C23H34N6O5. The second-order valence-corrected chi connectivity index (χ2v) is 8.15. The maximum Gasteiger partial charge on any atom is 0.328 e. The number of nitrogens with one attached hydrogen (secondary N) is 2. The Morgan fingerprint density at radius 1 is 1.15 bits per heavy atom. The van der Waals surface area contributed by atoms with Gasteiger partial charge in [0.1, 0.15) is 18.1 Å². The number of amides is 3. The third-order valence-corrected chi connectivity index (χ3v) is 5.62. The number of nitrogens with zero attached hydrogens (tertiary/aromatic N) is 2. The number of benzene rings is 1. The molecule has 1 aliphatic heterocycles. The van der Waals surface area contributed by atoms with Crippen LogP contribution in [0, 0.1) is 0 Å². The molecule has 1 aliphatic rings. The minimum Gasteiger partial charge on any atom is -0.467 e. The molecule has 11 nitrogen and oxygen atoms in total. The number of aliphatic imine (C=N–C) groups is 1. The van der Waals surface area contributed by atoms with Crippen molar-refractivity contribution in [2.24, 2.45) is 16.5 Å². The number of carbonyl (C=O) groups excluding carboxylic acids is 4. The average molecular weight is 475 g/mol. The molecule has 3 amide bonds. The molecule has 0 saturated carbocycles. The first kappa shape index (κ1) is 26.6. The number of guanidine groups is 1. The lowest BCUT2D eigenvalue weighted by Crippen LogP contribution is -2.56. The largest absolute Gasteiger partial charge is 0.467 e. The lowest BCUT2D eigenvalue weighted by molar-refractivity contribution is -0.145. The van der Waals surface area contributed by atoms with Crippen molar-refractivity contribution >= 4 is 29.7 Å². The van der Waals surface area contributed by atoms with Gasteiger partial charge in [0.05, 0.1) is 7.11 Å². The van der Waals surface area contributed by atoms with Crippen LogP contribution >= 0.6 is 0 Å². The van der Waals surface area contributed by atoms with Crippen LogP contribution in [0.2, 0.25) is 0 Å². The van der Waals surface area contributed by atoms with Crippen molar-refractivity contribution in [3.05, 3.63) is 35.9 Å². The number of rotatable bonds is 11. The van der Waals surface area contributed by atoms with Crippen LogP contribution in [0.15, 0.2) is 35.3 Å². The number of nitrogens with two attached hydrogens (primary N) is 2. The molecule has 186 valence electrons. The van der Waals surface area contributed by atoms with Gasteiger partial charge in [0.25, 0.3) is 0 Å². The standard InChI is InChI=1S/C23H34N6O5/c1-15(30)29-13-7-11-19(29)21(32)28-18(14-16-8-4-3-5-9-16)20(31)27-17(22(33)34-2)10-6-12-26-23(24)25/h3-5,8-9,17-19H,6-7,10-14H2,1-2H3,(H,27,31)(H,28,32)(H4,24,25,26)/t17-,18-,19-/m0/s1. The molecule has 3 atom stereocenters. The van der Waals surface area contributed by atoms with Gasteiger partial charge in [-0.2, -0.15) is 0 Å². The van der Waals surface area contributed by atoms with Crippen molar-refractivity contribution in [2.45, 2.75) is 57.2 Å². The predicted octanol–water partition coefficient (Wildman–Crippen LogP) is -0.564. The highest BCUT2D eigenvalue weighted by Gasteiger charge is 2.35. The topological polar surface area (TPSA) is 169 Å². The zero-order chi connectivity index (χ0) is 25.1. The fraction of sp³-hybridized carbons (Fsp3) is 0.522. The normalized spacial score (nSPS) is 16.8. The second kappa shape index (κ2) is 13.2. The van der Waals surface area contributed by atoms with Crippen molar-refractivity contribution in [1.82, 2.24) is 15.5 Å². The molecule has 0 unspecified atom stereocenters.